The van der Waals surface area contributed by atoms with Crippen LogP contribution in [0, 0.1) is 0 Å². The molecule has 0 aromatic heterocycles. The van der Waals surface area contributed by atoms with Crippen molar-refractivity contribution in [2.24, 2.45) is 0 Å². The molecule has 0 aromatic rings. The van der Waals surface area contributed by atoms with E-state index in [1.165, 1.54) is 167 Å². The molecule has 298 valence electrons. The lowest BCUT2D eigenvalue weighted by molar-refractivity contribution is -0.864. The van der Waals surface area contributed by atoms with Gasteiger partial charge in [0.1, 0.15) is 19.8 Å². The zero-order chi connectivity index (χ0) is 37.4. The van der Waals surface area contributed by atoms with Crippen molar-refractivity contribution in [3.05, 3.63) is 0 Å². The molecule has 0 saturated heterocycles. The van der Waals surface area contributed by atoms with Gasteiger partial charge >= 0.3 is 11.9 Å². The highest BCUT2D eigenvalue weighted by molar-refractivity contribution is 5.70. The van der Waals surface area contributed by atoms with Crippen molar-refractivity contribution < 1.29 is 33.4 Å². The molecule has 0 amide bonds. The van der Waals surface area contributed by atoms with E-state index >= 15 is 0 Å². The van der Waals surface area contributed by atoms with E-state index in [0.29, 0.717) is 17.3 Å². The number of hydrogen-bond donors (Lipinski definition) is 0. The van der Waals surface area contributed by atoms with Gasteiger partial charge in [0.05, 0.1) is 27.1 Å². The van der Waals surface area contributed by atoms with Crippen LogP contribution in [-0.2, 0) is 23.9 Å². The summed E-state index contributed by atoms with van der Waals surface area (Å²) >= 11 is 0. The SMILES string of the molecule is CCCCCCCCCCCCCCCCCC(=O)OCCOC(=O)CCCCCCCCCCCCCCCCC.C[N+](C)(C)CC(=O)[O-]. The lowest BCUT2D eigenvalue weighted by Gasteiger charge is -2.23. The van der Waals surface area contributed by atoms with E-state index in [-0.39, 0.29) is 31.7 Å². The summed E-state index contributed by atoms with van der Waals surface area (Å²) in [5.41, 5.74) is 0. The molecule has 0 aliphatic carbocycles. The van der Waals surface area contributed by atoms with E-state index in [4.69, 9.17) is 9.47 Å². The van der Waals surface area contributed by atoms with E-state index in [2.05, 4.69) is 13.8 Å². The molecule has 0 aliphatic rings. The average Bonchev–Trinajstić information content (AvgIpc) is 3.06. The van der Waals surface area contributed by atoms with Crippen molar-refractivity contribution in [3.8, 4) is 0 Å². The number of quaternary nitrogens is 1. The number of rotatable bonds is 37. The summed E-state index contributed by atoms with van der Waals surface area (Å²) in [5, 5.41) is 9.89. The summed E-state index contributed by atoms with van der Waals surface area (Å²) in [6, 6.07) is 0. The smallest absolute Gasteiger partial charge is 0.305 e. The molecule has 0 aliphatic heterocycles. The maximum atomic E-state index is 11.9. The number of carboxylic acid groups (broad SMARTS) is 1. The summed E-state index contributed by atoms with van der Waals surface area (Å²) in [5.74, 6) is -1.33. The van der Waals surface area contributed by atoms with E-state index in [9.17, 15) is 19.5 Å². The first-order valence-corrected chi connectivity index (χ1v) is 21.4. The maximum absolute atomic E-state index is 11.9. The van der Waals surface area contributed by atoms with Gasteiger partial charge in [-0.1, -0.05) is 194 Å². The van der Waals surface area contributed by atoms with Gasteiger partial charge in [-0.15, -0.1) is 0 Å². The highest BCUT2D eigenvalue weighted by Crippen LogP contribution is 2.15. The standard InChI is InChI=1S/C38H74O4.C5H11NO2/c1-3-5-7-9-11-13-15-17-19-21-23-25-27-29-31-33-37(39)41-35-36-42-38(40)34-32-30-28-26-24-22-20-18-16-14-12-10-8-6-4-2;1-6(2,3)4-5(7)8/h3-36H2,1-2H3;4H2,1-3H3. The number of hydrogen-bond acceptors (Lipinski definition) is 6. The number of ether oxygens (including phenoxy) is 2. The topological polar surface area (TPSA) is 92.7 Å². The van der Waals surface area contributed by atoms with E-state index in [1.54, 1.807) is 21.1 Å². The Labute approximate surface area is 311 Å². The molecule has 0 atom stereocenters. The molecule has 0 spiro atoms. The second-order valence-corrected chi connectivity index (χ2v) is 15.7. The largest absolute Gasteiger partial charge is 0.544 e. The van der Waals surface area contributed by atoms with Crippen LogP contribution < -0.4 is 5.11 Å². The van der Waals surface area contributed by atoms with Crippen molar-refractivity contribution in [3.63, 3.8) is 0 Å². The second kappa shape index (κ2) is 40.1. The number of carboxylic acids is 1. The molecule has 7 nitrogen and oxygen atoms in total. The molecule has 50 heavy (non-hydrogen) atoms. The highest BCUT2D eigenvalue weighted by atomic mass is 16.6. The van der Waals surface area contributed by atoms with E-state index < -0.39 is 5.97 Å². The molecular weight excluding hydrogens is 626 g/mol. The van der Waals surface area contributed by atoms with Gasteiger partial charge in [0, 0.05) is 12.8 Å². The third kappa shape index (κ3) is 48.5. The molecule has 0 aromatic carbocycles. The van der Waals surface area contributed by atoms with Crippen LogP contribution in [0.1, 0.15) is 219 Å². The van der Waals surface area contributed by atoms with Gasteiger partial charge in [0.15, 0.2) is 0 Å². The Balaban J connectivity index is 0. The van der Waals surface area contributed by atoms with Crippen molar-refractivity contribution in [2.75, 3.05) is 40.9 Å². The summed E-state index contributed by atoms with van der Waals surface area (Å²) in [6.07, 6.45) is 40.5. The molecule has 0 radical (unpaired) electrons. The Morgan fingerprint density at radius 3 is 0.800 bits per heavy atom. The normalized spacial score (nSPS) is 11.2. The van der Waals surface area contributed by atoms with Crippen LogP contribution in [-0.4, -0.2) is 63.3 Å². The van der Waals surface area contributed by atoms with Crippen LogP contribution >= 0.6 is 0 Å². The summed E-state index contributed by atoms with van der Waals surface area (Å²) in [4.78, 5) is 33.7. The predicted molar refractivity (Wildman–Crippen MR) is 209 cm³/mol. The third-order valence-corrected chi connectivity index (χ3v) is 9.18. The minimum absolute atomic E-state index is 0.0694. The quantitative estimate of drug-likeness (QED) is 0.0362. The number of likely N-dealkylation sites (N-methyl/N-ethyl adjacent to an activating group) is 1. The fourth-order valence-corrected chi connectivity index (χ4v) is 6.12. The number of aliphatic carboxylic acids is 1. The van der Waals surface area contributed by atoms with Gasteiger partial charge in [-0.05, 0) is 12.8 Å². The minimum atomic E-state index is -1.00. The number of esters is 2. The number of carbonyl (C=O) groups is 3. The molecule has 0 N–H and O–H groups in total. The molecule has 0 fully saturated rings. The number of carbonyl (C=O) groups excluding carboxylic acids is 3. The lowest BCUT2D eigenvalue weighted by Crippen LogP contribution is -2.45. The monoisotopic (exact) mass is 712 g/mol. The van der Waals surface area contributed by atoms with Crippen molar-refractivity contribution >= 4 is 17.9 Å². The second-order valence-electron chi connectivity index (χ2n) is 15.7. The molecule has 0 unspecified atom stereocenters. The van der Waals surface area contributed by atoms with E-state index in [0.717, 1.165) is 25.7 Å². The first kappa shape index (κ1) is 50.5. The van der Waals surface area contributed by atoms with Gasteiger partial charge in [0.2, 0.25) is 0 Å². The lowest BCUT2D eigenvalue weighted by atomic mass is 10.0. The summed E-state index contributed by atoms with van der Waals surface area (Å²) in [6.45, 7) is 4.99. The van der Waals surface area contributed by atoms with Crippen LogP contribution in [0.4, 0.5) is 0 Å². The zero-order valence-electron chi connectivity index (χ0n) is 34.1. The van der Waals surface area contributed by atoms with Gasteiger partial charge in [0.25, 0.3) is 0 Å². The fourth-order valence-electron chi connectivity index (χ4n) is 6.12. The molecule has 0 heterocycles. The molecule has 7 heteroatoms. The Morgan fingerprint density at radius 1 is 0.400 bits per heavy atom. The average molecular weight is 712 g/mol. The van der Waals surface area contributed by atoms with Crippen LogP contribution in [0.25, 0.3) is 0 Å². The Bertz CT molecular complexity index is 687. The zero-order valence-corrected chi connectivity index (χ0v) is 34.1. The Hall–Kier alpha value is -1.63. The predicted octanol–water partition coefficient (Wildman–Crippen LogP) is 11.0. The van der Waals surface area contributed by atoms with Crippen LogP contribution in [0.2, 0.25) is 0 Å². The molecule has 0 saturated carbocycles. The summed E-state index contributed by atoms with van der Waals surface area (Å²) in [7, 11) is 5.40. The third-order valence-electron chi connectivity index (χ3n) is 9.18. The van der Waals surface area contributed by atoms with Crippen LogP contribution in [0.3, 0.4) is 0 Å². The van der Waals surface area contributed by atoms with Gasteiger partial charge in [-0.2, -0.15) is 0 Å². The van der Waals surface area contributed by atoms with Gasteiger partial charge in [-0.25, -0.2) is 0 Å². The molecule has 0 rings (SSSR count). The van der Waals surface area contributed by atoms with Crippen molar-refractivity contribution in [2.45, 2.75) is 219 Å². The van der Waals surface area contributed by atoms with Crippen molar-refractivity contribution in [1.29, 1.82) is 0 Å². The highest BCUT2D eigenvalue weighted by Gasteiger charge is 2.06. The van der Waals surface area contributed by atoms with Crippen LogP contribution in [0.15, 0.2) is 0 Å². The van der Waals surface area contributed by atoms with Gasteiger partial charge < -0.3 is 23.9 Å². The Kier molecular flexibility index (Phi) is 40.5. The maximum Gasteiger partial charge on any atom is 0.305 e. The molecule has 0 bridgehead atoms. The molecular formula is C43H85NO6. The Morgan fingerprint density at radius 2 is 0.620 bits per heavy atom. The number of nitrogens with zero attached hydrogens (tertiary/aromatic N) is 1. The van der Waals surface area contributed by atoms with Crippen LogP contribution in [0.5, 0.6) is 0 Å². The van der Waals surface area contributed by atoms with E-state index in [1.807, 2.05) is 0 Å². The fraction of sp³-hybridized carbons (Fsp3) is 0.930. The number of unbranched alkanes of at least 4 members (excludes halogenated alkanes) is 28. The van der Waals surface area contributed by atoms with Crippen molar-refractivity contribution in [1.82, 2.24) is 0 Å². The summed E-state index contributed by atoms with van der Waals surface area (Å²) < 4.78 is 10.9. The first-order chi connectivity index (χ1) is 24.1. The minimum Gasteiger partial charge on any atom is -0.544 e. The first-order valence-electron chi connectivity index (χ1n) is 21.4. The van der Waals surface area contributed by atoms with Gasteiger partial charge in [-0.3, -0.25) is 9.59 Å².